The molecule has 0 radical (unpaired) electrons. The number of sulfonamides is 1. The zero-order valence-electron chi connectivity index (χ0n) is 15.9. The van der Waals surface area contributed by atoms with E-state index in [0.29, 0.717) is 30.8 Å². The van der Waals surface area contributed by atoms with Gasteiger partial charge in [0.25, 0.3) is 5.91 Å². The van der Waals surface area contributed by atoms with Crippen molar-refractivity contribution in [3.05, 3.63) is 59.7 Å². The summed E-state index contributed by atoms with van der Waals surface area (Å²) < 4.78 is 31.9. The average Bonchev–Trinajstić information content (AvgIpc) is 2.62. The first-order chi connectivity index (χ1) is 12.8. The van der Waals surface area contributed by atoms with Crippen molar-refractivity contribution in [2.24, 2.45) is 0 Å². The fraction of sp³-hybridized carbons (Fsp3) is 0.350. The Morgan fingerprint density at radius 3 is 2.52 bits per heavy atom. The number of carbonyl (C=O) groups excluding carboxylic acids is 1. The number of likely N-dealkylation sites (N-methyl/N-ethyl adjacent to an activating group) is 1. The minimum Gasteiger partial charge on any atom is -0.492 e. The average molecular weight is 391 g/mol. The van der Waals surface area contributed by atoms with E-state index in [4.69, 9.17) is 4.74 Å². The van der Waals surface area contributed by atoms with Gasteiger partial charge in [-0.15, -0.1) is 0 Å². The van der Waals surface area contributed by atoms with Crippen LogP contribution in [-0.2, 0) is 10.0 Å². The zero-order valence-corrected chi connectivity index (χ0v) is 16.8. The highest BCUT2D eigenvalue weighted by Crippen LogP contribution is 2.15. The molecule has 1 N–H and O–H groups in total. The van der Waals surface area contributed by atoms with Crippen molar-refractivity contribution in [1.29, 1.82) is 0 Å². The van der Waals surface area contributed by atoms with E-state index in [1.54, 1.807) is 43.1 Å². The van der Waals surface area contributed by atoms with Crippen molar-refractivity contribution in [3.8, 4) is 5.75 Å². The topological polar surface area (TPSA) is 75.7 Å². The van der Waals surface area contributed by atoms with Gasteiger partial charge >= 0.3 is 0 Å². The largest absolute Gasteiger partial charge is 0.492 e. The predicted octanol–water partition coefficient (Wildman–Crippen LogP) is 3.30. The molecule has 0 fully saturated rings. The van der Waals surface area contributed by atoms with Gasteiger partial charge < -0.3 is 9.64 Å². The molecule has 2 aromatic rings. The lowest BCUT2D eigenvalue weighted by atomic mass is 10.2. The van der Waals surface area contributed by atoms with E-state index in [0.717, 1.165) is 11.3 Å². The van der Waals surface area contributed by atoms with Gasteiger partial charge in [-0.2, -0.15) is 0 Å². The fourth-order valence-electron chi connectivity index (χ4n) is 2.47. The Kier molecular flexibility index (Phi) is 7.24. The quantitative estimate of drug-likeness (QED) is 0.713. The molecule has 2 rings (SSSR count). The summed E-state index contributed by atoms with van der Waals surface area (Å²) >= 11 is 0. The Labute approximate surface area is 161 Å². The number of nitrogens with one attached hydrogen (secondary N) is 1. The molecule has 0 aliphatic carbocycles. The summed E-state index contributed by atoms with van der Waals surface area (Å²) in [4.78, 5) is 14.1. The molecule has 1 amide bonds. The van der Waals surface area contributed by atoms with Crippen molar-refractivity contribution < 1.29 is 17.9 Å². The van der Waals surface area contributed by atoms with Crippen molar-refractivity contribution in [2.75, 3.05) is 30.7 Å². The number of carbonyl (C=O) groups is 1. The summed E-state index contributed by atoms with van der Waals surface area (Å²) in [7, 11) is -1.70. The van der Waals surface area contributed by atoms with Gasteiger partial charge in [-0.05, 0) is 43.7 Å². The van der Waals surface area contributed by atoms with Crippen molar-refractivity contribution >= 4 is 21.6 Å². The maximum Gasteiger partial charge on any atom is 0.253 e. The van der Waals surface area contributed by atoms with E-state index >= 15 is 0 Å². The van der Waals surface area contributed by atoms with Crippen LogP contribution in [0.1, 0.15) is 29.3 Å². The molecule has 6 nitrogen and oxygen atoms in total. The van der Waals surface area contributed by atoms with Crippen LogP contribution in [0, 0.1) is 6.92 Å². The summed E-state index contributed by atoms with van der Waals surface area (Å²) in [6.07, 6.45) is 0.525. The molecule has 0 heterocycles. The van der Waals surface area contributed by atoms with Crippen LogP contribution in [0.2, 0.25) is 0 Å². The maximum absolute atomic E-state index is 12.6. The van der Waals surface area contributed by atoms with Gasteiger partial charge in [-0.3, -0.25) is 9.52 Å². The molecule has 146 valence electrons. The predicted molar refractivity (Wildman–Crippen MR) is 108 cm³/mol. The van der Waals surface area contributed by atoms with Crippen molar-refractivity contribution in [1.82, 2.24) is 4.90 Å². The molecule has 0 atom stereocenters. The first kappa shape index (κ1) is 20.8. The Hall–Kier alpha value is -2.54. The van der Waals surface area contributed by atoms with E-state index in [9.17, 15) is 13.2 Å². The number of hydrogen-bond acceptors (Lipinski definition) is 4. The lowest BCUT2D eigenvalue weighted by Crippen LogP contribution is -2.31. The highest BCUT2D eigenvalue weighted by molar-refractivity contribution is 7.92. The standard InChI is InChI=1S/C20H26N2O4S/c1-4-14-27(24,25)21-18-7-5-6-17(15-18)20(23)22(3)12-13-26-19-10-8-16(2)9-11-19/h5-11,15,21H,4,12-14H2,1-3H3. The third-order valence-electron chi connectivity index (χ3n) is 3.92. The number of rotatable bonds is 9. The molecule has 0 aliphatic heterocycles. The molecule has 0 aliphatic rings. The first-order valence-corrected chi connectivity index (χ1v) is 10.5. The molecule has 27 heavy (non-hydrogen) atoms. The Morgan fingerprint density at radius 2 is 1.85 bits per heavy atom. The highest BCUT2D eigenvalue weighted by Gasteiger charge is 2.14. The first-order valence-electron chi connectivity index (χ1n) is 8.86. The van der Waals surface area contributed by atoms with Crippen LogP contribution < -0.4 is 9.46 Å². The summed E-state index contributed by atoms with van der Waals surface area (Å²) in [5.74, 6) is 0.606. The number of hydrogen-bond donors (Lipinski definition) is 1. The Morgan fingerprint density at radius 1 is 1.15 bits per heavy atom. The van der Waals surface area contributed by atoms with E-state index in [1.807, 2.05) is 31.2 Å². The van der Waals surface area contributed by atoms with Crippen molar-refractivity contribution in [3.63, 3.8) is 0 Å². The third kappa shape index (κ3) is 6.60. The molecule has 0 saturated carbocycles. The molecule has 0 saturated heterocycles. The van der Waals surface area contributed by atoms with Crippen LogP contribution in [0.4, 0.5) is 5.69 Å². The van der Waals surface area contributed by atoms with Gasteiger partial charge in [0, 0.05) is 18.3 Å². The normalized spacial score (nSPS) is 11.1. The number of aryl methyl sites for hydroxylation is 1. The molecule has 2 aromatic carbocycles. The summed E-state index contributed by atoms with van der Waals surface area (Å²) in [5, 5.41) is 0. The molecule has 0 aromatic heterocycles. The van der Waals surface area contributed by atoms with Crippen LogP contribution in [0.5, 0.6) is 5.75 Å². The monoisotopic (exact) mass is 390 g/mol. The minimum absolute atomic E-state index is 0.0431. The smallest absolute Gasteiger partial charge is 0.253 e. The molecule has 0 bridgehead atoms. The summed E-state index contributed by atoms with van der Waals surface area (Å²) in [6, 6.07) is 14.2. The maximum atomic E-state index is 12.6. The van der Waals surface area contributed by atoms with Crippen LogP contribution >= 0.6 is 0 Å². The Bertz CT molecular complexity index is 864. The number of ether oxygens (including phenoxy) is 1. The van der Waals surface area contributed by atoms with E-state index in [1.165, 1.54) is 0 Å². The Balaban J connectivity index is 1.93. The minimum atomic E-state index is -3.39. The lowest BCUT2D eigenvalue weighted by Gasteiger charge is -2.18. The second-order valence-electron chi connectivity index (χ2n) is 6.39. The number of benzene rings is 2. The molecule has 7 heteroatoms. The van der Waals surface area contributed by atoms with Gasteiger partial charge in [-0.25, -0.2) is 8.42 Å². The number of anilines is 1. The van der Waals surface area contributed by atoms with E-state index in [2.05, 4.69) is 4.72 Å². The van der Waals surface area contributed by atoms with Crippen LogP contribution in [0.15, 0.2) is 48.5 Å². The van der Waals surface area contributed by atoms with Gasteiger partial charge in [0.1, 0.15) is 12.4 Å². The number of nitrogens with zero attached hydrogens (tertiary/aromatic N) is 1. The molecule has 0 unspecified atom stereocenters. The van der Waals surface area contributed by atoms with Crippen molar-refractivity contribution in [2.45, 2.75) is 20.3 Å². The van der Waals surface area contributed by atoms with Crippen LogP contribution in [0.25, 0.3) is 0 Å². The van der Waals surface area contributed by atoms with Gasteiger partial charge in [0.05, 0.1) is 12.3 Å². The summed E-state index contributed by atoms with van der Waals surface area (Å²) in [5.41, 5.74) is 1.97. The van der Waals surface area contributed by atoms with E-state index in [-0.39, 0.29) is 11.7 Å². The summed E-state index contributed by atoms with van der Waals surface area (Å²) in [6.45, 7) is 4.59. The highest BCUT2D eigenvalue weighted by atomic mass is 32.2. The number of amides is 1. The van der Waals surface area contributed by atoms with Gasteiger partial charge in [0.15, 0.2) is 0 Å². The SMILES string of the molecule is CCCS(=O)(=O)Nc1cccc(C(=O)N(C)CCOc2ccc(C)cc2)c1. The molecular weight excluding hydrogens is 364 g/mol. The van der Waals surface area contributed by atoms with Gasteiger partial charge in [-0.1, -0.05) is 30.7 Å². The van der Waals surface area contributed by atoms with Crippen LogP contribution in [-0.4, -0.2) is 45.2 Å². The van der Waals surface area contributed by atoms with E-state index < -0.39 is 10.0 Å². The molecular formula is C20H26N2O4S. The fourth-order valence-corrected chi connectivity index (χ4v) is 3.60. The second kappa shape index (κ2) is 9.41. The zero-order chi connectivity index (χ0) is 19.9. The van der Waals surface area contributed by atoms with Gasteiger partial charge in [0.2, 0.25) is 10.0 Å². The lowest BCUT2D eigenvalue weighted by molar-refractivity contribution is 0.0774. The van der Waals surface area contributed by atoms with Crippen LogP contribution in [0.3, 0.4) is 0 Å². The molecule has 0 spiro atoms. The third-order valence-corrected chi connectivity index (χ3v) is 5.41. The second-order valence-corrected chi connectivity index (χ2v) is 8.23.